The van der Waals surface area contributed by atoms with Crippen molar-refractivity contribution >= 4 is 204 Å². The number of anilines is 9. The predicted molar refractivity (Wildman–Crippen MR) is 453 cm³/mol. The minimum Gasteiger partial charge on any atom is -0.384 e. The van der Waals surface area contributed by atoms with Crippen molar-refractivity contribution in [1.29, 1.82) is 0 Å². The molecule has 9 aromatic rings. The number of thiophene rings is 3. The third kappa shape index (κ3) is 22.3. The van der Waals surface area contributed by atoms with Crippen LogP contribution in [0.1, 0.15) is 79.9 Å². The summed E-state index contributed by atoms with van der Waals surface area (Å²) in [7, 11) is -12.3. The van der Waals surface area contributed by atoms with Crippen LogP contribution in [0.4, 0.5) is 66.0 Å². The molecule has 43 heteroatoms. The van der Waals surface area contributed by atoms with Crippen LogP contribution in [0, 0.1) is 0 Å². The maximum atomic E-state index is 13.2. The highest BCUT2D eigenvalue weighted by molar-refractivity contribution is 7.93. The number of nitrogens with one attached hydrogen (secondary N) is 9. The third-order valence-electron chi connectivity index (χ3n) is 19.2. The van der Waals surface area contributed by atoms with Crippen molar-refractivity contribution < 1.29 is 73.1 Å². The molecule has 0 saturated carbocycles. The molecule has 0 spiro atoms. The fourth-order valence-electron chi connectivity index (χ4n) is 13.5. The molecule has 0 radical (unpaired) electrons. The van der Waals surface area contributed by atoms with Crippen LogP contribution < -0.4 is 60.8 Å². The number of morpholine rings is 1. The first-order chi connectivity index (χ1) is 57.1. The second-order valence-corrected chi connectivity index (χ2v) is 38.4. The van der Waals surface area contributed by atoms with Crippen molar-refractivity contribution in [2.24, 2.45) is 0 Å². The number of piperidine rings is 1. The number of hydrogen-bond acceptors (Lipinski definition) is 28. The topological polar surface area (TPSA) is 432 Å². The molecule has 6 aliphatic rings. The summed E-state index contributed by atoms with van der Waals surface area (Å²) in [6.45, 7) is 12.8. The van der Waals surface area contributed by atoms with Crippen molar-refractivity contribution in [3.63, 3.8) is 0 Å². The van der Waals surface area contributed by atoms with E-state index in [-0.39, 0.29) is 79.4 Å². The molecule has 3 saturated heterocycles. The lowest BCUT2D eigenvalue weighted by molar-refractivity contribution is -0.118. The van der Waals surface area contributed by atoms with Gasteiger partial charge in [-0.2, -0.15) is 0 Å². The summed E-state index contributed by atoms with van der Waals surface area (Å²) in [6.07, 6.45) is 10.0. The number of benzene rings is 3. The van der Waals surface area contributed by atoms with E-state index in [0.717, 1.165) is 158 Å². The van der Waals surface area contributed by atoms with Crippen molar-refractivity contribution in [3.05, 3.63) is 192 Å². The van der Waals surface area contributed by atoms with Crippen molar-refractivity contribution in [3.8, 4) is 0 Å². The number of hydrogen-bond donors (Lipinski definition) is 9. The number of imide groups is 3. The summed E-state index contributed by atoms with van der Waals surface area (Å²) in [5.41, 5.74) is 6.21. The first-order valence-electron chi connectivity index (χ1n) is 37.2. The van der Waals surface area contributed by atoms with E-state index in [1.54, 1.807) is 24.3 Å². The minimum atomic E-state index is -4.10. The lowest BCUT2D eigenvalue weighted by atomic mass is 9.97. The number of likely N-dealkylation sites (tertiary alicyclic amines) is 2. The number of fused-ring (bicyclic) bond motifs is 3. The summed E-state index contributed by atoms with van der Waals surface area (Å²) in [5, 5.41) is 17.2. The van der Waals surface area contributed by atoms with Gasteiger partial charge in [0.1, 0.15) is 30.1 Å². The molecule has 0 unspecified atom stereocenters. The van der Waals surface area contributed by atoms with Crippen molar-refractivity contribution in [2.75, 3.05) is 138 Å². The summed E-state index contributed by atoms with van der Waals surface area (Å²) < 4.78 is 85.2. The molecule has 34 nitrogen and oxygen atoms in total. The molecule has 12 heterocycles. The first-order valence-corrected chi connectivity index (χ1v) is 45.2. The molecule has 6 aromatic heterocycles. The van der Waals surface area contributed by atoms with Gasteiger partial charge in [-0.1, -0.05) is 41.2 Å². The number of rotatable bonds is 24. The Hall–Kier alpha value is -10.6. The monoisotopic (exact) mass is 1790 g/mol. The van der Waals surface area contributed by atoms with Gasteiger partial charge in [-0.15, -0.1) is 34.0 Å². The Morgan fingerprint density at radius 2 is 0.655 bits per heavy atom. The van der Waals surface area contributed by atoms with Gasteiger partial charge >= 0.3 is 18.1 Å². The Labute approximate surface area is 710 Å². The van der Waals surface area contributed by atoms with Crippen LogP contribution in [0.15, 0.2) is 159 Å². The van der Waals surface area contributed by atoms with Gasteiger partial charge in [-0.05, 0) is 196 Å². The van der Waals surface area contributed by atoms with E-state index in [2.05, 4.69) is 61.6 Å². The van der Waals surface area contributed by atoms with Gasteiger partial charge in [0.15, 0.2) is 0 Å². The Bertz CT molecular complexity index is 5460. The number of nitrogens with zero attached hydrogens (tertiary/aromatic N) is 9. The number of pyridine rings is 3. The Morgan fingerprint density at radius 1 is 0.370 bits per heavy atom. The molecule has 12 amide bonds. The van der Waals surface area contributed by atoms with E-state index in [1.807, 2.05) is 44.5 Å². The third-order valence-corrected chi connectivity index (χ3v) is 28.4. The van der Waals surface area contributed by atoms with Gasteiger partial charge < -0.3 is 46.4 Å². The highest BCUT2D eigenvalue weighted by Gasteiger charge is 2.37. The predicted octanol–water partition coefficient (Wildman–Crippen LogP) is 10.3. The Kier molecular flexibility index (Phi) is 28.0. The number of urea groups is 3. The van der Waals surface area contributed by atoms with Gasteiger partial charge in [0.25, 0.3) is 47.8 Å². The van der Waals surface area contributed by atoms with Crippen molar-refractivity contribution in [2.45, 2.75) is 64.0 Å². The zero-order valence-corrected chi connectivity index (χ0v) is 70.2. The quantitative estimate of drug-likeness (QED) is 0.0254. The summed E-state index contributed by atoms with van der Waals surface area (Å²) in [6, 6.07) is 29.6. The van der Waals surface area contributed by atoms with E-state index in [0.29, 0.717) is 33.4 Å². The average Bonchev–Trinajstić information content (AvgIpc) is 1.48. The average molecular weight is 1800 g/mol. The highest BCUT2D eigenvalue weighted by atomic mass is 35.5. The molecule has 15 rings (SSSR count). The molecule has 9 N–H and O–H groups in total. The van der Waals surface area contributed by atoms with Crippen LogP contribution in [-0.4, -0.2) is 200 Å². The fourth-order valence-corrected chi connectivity index (χ4v) is 20.6. The smallest absolute Gasteiger partial charge is 0.333 e. The van der Waals surface area contributed by atoms with Crippen LogP contribution >= 0.6 is 68.8 Å². The van der Waals surface area contributed by atoms with Crippen LogP contribution in [0.25, 0.3) is 0 Å². The number of aromatic nitrogens is 3. The van der Waals surface area contributed by atoms with Crippen LogP contribution in [-0.2, 0) is 68.5 Å². The van der Waals surface area contributed by atoms with E-state index in [1.165, 1.54) is 123 Å². The standard InChI is InChI=1S/C26H27ClN6O5S2.C25H25ClN6O6S2.C25H25ClN6O5S2/c27-21-7-9-24(39-21)40(37,38)31-26(36)30-19-5-8-22(29-16-19)33-23(34)15-17-14-18(4-6-20(17)25(33)35)28-10-13-32-11-2-1-3-12-32;26-20-4-6-23(39-20)40(36,37)30-25(35)29-18-2-5-21(28-15-18)32-22(33)14-16-13-17(1-3-19(16)24(32)34)27-7-8-31-9-11-38-12-10-31;26-20-6-8-23(38-20)39(36,37)30-25(35)29-18-4-7-21(28-15-18)32-22(33)14-16-13-17(3-5-19(16)24(32)34)27-9-12-31-10-1-2-11-31/h4-9,14,16,28H,1-3,10-13,15H2,(H2,30,31,36);1-6,13,15,27H,7-12,14H2,(H2,29,30,35);3-8,13,15,27H,1-2,9-12,14H2,(H2,29,30,35). The maximum absolute atomic E-state index is 13.2. The number of amides is 12. The van der Waals surface area contributed by atoms with E-state index in [4.69, 9.17) is 39.5 Å². The summed E-state index contributed by atoms with van der Waals surface area (Å²) in [4.78, 5) is 138. The SMILES string of the molecule is O=C(Nc1ccc(N2C(=O)Cc3cc(NCCN4CCCC4)ccc3C2=O)nc1)NS(=O)(=O)c1ccc(Cl)s1.O=C(Nc1ccc(N2C(=O)Cc3cc(NCCN4CCCCC4)ccc3C2=O)nc1)NS(=O)(=O)c1ccc(Cl)s1.O=C(Nc1ccc(N2C(=O)Cc3cc(NCCN4CCOCC4)ccc3C2=O)nc1)NS(=O)(=O)c1ccc(Cl)s1. The van der Waals surface area contributed by atoms with Crippen LogP contribution in [0.5, 0.6) is 0 Å². The molecule has 624 valence electrons. The first kappa shape index (κ1) is 86.3. The second-order valence-electron chi connectivity index (χ2n) is 27.5. The molecule has 0 aliphatic carbocycles. The van der Waals surface area contributed by atoms with Crippen LogP contribution in [0.2, 0.25) is 13.0 Å². The number of sulfonamides is 3. The molecule has 3 aromatic carbocycles. The highest BCUT2D eigenvalue weighted by Crippen LogP contribution is 2.34. The molecular weight excluding hydrogens is 1720 g/mol. The fraction of sp³-hybridized carbons (Fsp3) is 0.289. The largest absolute Gasteiger partial charge is 0.384 e. The van der Waals surface area contributed by atoms with Gasteiger partial charge in [0.2, 0.25) is 17.7 Å². The number of carbonyl (C=O) groups is 9. The zero-order chi connectivity index (χ0) is 84.1. The zero-order valence-electron chi connectivity index (χ0n) is 63.1. The summed E-state index contributed by atoms with van der Waals surface area (Å²) >= 11 is 19.7. The molecular formula is C76H77Cl3N18O16S6. The molecule has 0 atom stereocenters. The van der Waals surface area contributed by atoms with Gasteiger partial charge in [0.05, 0.1) is 81.1 Å². The van der Waals surface area contributed by atoms with E-state index < -0.39 is 83.6 Å². The molecule has 3 fully saturated rings. The Morgan fingerprint density at radius 3 is 0.933 bits per heavy atom. The second kappa shape index (κ2) is 38.6. The number of ether oxygens (including phenoxy) is 1. The van der Waals surface area contributed by atoms with Crippen LogP contribution in [0.3, 0.4) is 0 Å². The lowest BCUT2D eigenvalue weighted by Gasteiger charge is -2.27. The number of halogens is 3. The van der Waals surface area contributed by atoms with E-state index in [9.17, 15) is 68.4 Å². The lowest BCUT2D eigenvalue weighted by Crippen LogP contribution is -2.43. The van der Waals surface area contributed by atoms with Gasteiger partial charge in [-0.25, -0.2) is 83.5 Å². The minimum absolute atomic E-state index is 0.0226. The van der Waals surface area contributed by atoms with Gasteiger partial charge in [-0.3, -0.25) is 33.7 Å². The molecule has 119 heavy (non-hydrogen) atoms. The molecule has 0 bridgehead atoms. The normalized spacial score (nSPS) is 15.9. The number of carbonyl (C=O) groups excluding carboxylic acids is 9. The van der Waals surface area contributed by atoms with E-state index >= 15 is 0 Å². The summed E-state index contributed by atoms with van der Waals surface area (Å²) in [5.74, 6) is -2.49. The van der Waals surface area contributed by atoms with Crippen molar-refractivity contribution in [1.82, 2.24) is 43.8 Å². The maximum Gasteiger partial charge on any atom is 0.333 e. The molecule has 6 aliphatic heterocycles. The van der Waals surface area contributed by atoms with Gasteiger partial charge in [0, 0.05) is 86.1 Å². The Balaban J connectivity index is 0.000000155.